The second-order valence-electron chi connectivity index (χ2n) is 12.7. The number of carboxylic acids is 1. The van der Waals surface area contributed by atoms with Gasteiger partial charge in [-0.05, 0) is 86.0 Å². The van der Waals surface area contributed by atoms with E-state index in [1.807, 2.05) is 24.3 Å². The summed E-state index contributed by atoms with van der Waals surface area (Å²) in [7, 11) is 1.41. The molecule has 2 aliphatic carbocycles. The molecule has 2 aliphatic heterocycles. The molecule has 4 amide bonds. The van der Waals surface area contributed by atoms with Gasteiger partial charge in [-0.15, -0.1) is 0 Å². The van der Waals surface area contributed by atoms with Crippen molar-refractivity contribution in [1.29, 1.82) is 0 Å². The van der Waals surface area contributed by atoms with Crippen LogP contribution in [0.5, 0.6) is 11.5 Å². The van der Waals surface area contributed by atoms with Gasteiger partial charge in [0, 0.05) is 22.0 Å². The van der Waals surface area contributed by atoms with Gasteiger partial charge < -0.3 is 14.9 Å². The van der Waals surface area contributed by atoms with Crippen LogP contribution in [0.1, 0.15) is 36.3 Å². The fraction of sp³-hybridized carbons (Fsp3) is 0.306. The topological polar surface area (TPSA) is 142 Å². The molecule has 13 heteroatoms. The molecule has 0 spiro atoms. The van der Waals surface area contributed by atoms with Gasteiger partial charge in [0.1, 0.15) is 0 Å². The number of carbonyl (C=O) groups excluding carboxylic acids is 4. The van der Waals surface area contributed by atoms with Crippen LogP contribution >= 0.6 is 43.5 Å². The van der Waals surface area contributed by atoms with E-state index >= 15 is 4.79 Å². The summed E-state index contributed by atoms with van der Waals surface area (Å²) < 4.78 is 6.25. The maximum absolute atomic E-state index is 15.3. The van der Waals surface area contributed by atoms with Crippen molar-refractivity contribution in [3.05, 3.63) is 97.4 Å². The molecule has 0 unspecified atom stereocenters. The molecule has 2 saturated heterocycles. The smallest absolute Gasteiger partial charge is 0.305 e. The number of amides is 4. The fourth-order valence-corrected chi connectivity index (χ4v) is 9.70. The van der Waals surface area contributed by atoms with Crippen molar-refractivity contribution in [1.82, 2.24) is 4.90 Å². The number of phenolic OH excluding ortho intramolecular Hbond substituents is 1. The lowest BCUT2D eigenvalue weighted by Gasteiger charge is -2.51. The number of phenols is 1. The highest BCUT2D eigenvalue weighted by molar-refractivity contribution is 9.13. The number of ether oxygens (including phenoxy) is 1. The molecule has 252 valence electrons. The monoisotopic (exact) mass is 810 g/mol. The van der Waals surface area contributed by atoms with Crippen LogP contribution in [0.25, 0.3) is 0 Å². The Morgan fingerprint density at radius 1 is 0.980 bits per heavy atom. The summed E-state index contributed by atoms with van der Waals surface area (Å²) in [5.41, 5.74) is 0.585. The quantitative estimate of drug-likeness (QED) is 0.212. The number of likely N-dealkylation sites (tertiary alicyclic amines) is 1. The number of aromatic hydroxyl groups is 1. The fourth-order valence-electron chi connectivity index (χ4n) is 8.56. The van der Waals surface area contributed by atoms with Crippen molar-refractivity contribution in [2.24, 2.45) is 23.7 Å². The zero-order valence-corrected chi connectivity index (χ0v) is 29.9. The van der Waals surface area contributed by atoms with E-state index in [-0.39, 0.29) is 41.8 Å². The Balaban J connectivity index is 1.51. The number of anilines is 1. The molecular formula is C36H29Br2ClN2O8. The number of aliphatic carboxylic acids is 1. The summed E-state index contributed by atoms with van der Waals surface area (Å²) in [6.07, 6.45) is 1.79. The van der Waals surface area contributed by atoms with Crippen molar-refractivity contribution in [2.45, 2.75) is 30.6 Å². The van der Waals surface area contributed by atoms with E-state index < -0.39 is 64.6 Å². The highest BCUT2D eigenvalue weighted by Gasteiger charge is 2.70. The first kappa shape index (κ1) is 33.5. The van der Waals surface area contributed by atoms with Gasteiger partial charge in [0.2, 0.25) is 23.6 Å². The number of halogens is 3. The van der Waals surface area contributed by atoms with Crippen LogP contribution in [0.2, 0.25) is 5.02 Å². The Kier molecular flexibility index (Phi) is 8.48. The van der Waals surface area contributed by atoms with Crippen LogP contribution < -0.4 is 9.64 Å². The van der Waals surface area contributed by atoms with E-state index in [1.165, 1.54) is 12.0 Å². The number of carboxylic acid groups (broad SMARTS) is 1. The molecule has 3 aromatic rings. The van der Waals surface area contributed by atoms with Crippen molar-refractivity contribution in [2.75, 3.05) is 18.6 Å². The van der Waals surface area contributed by atoms with E-state index in [1.54, 1.807) is 42.5 Å². The molecule has 49 heavy (non-hydrogen) atoms. The summed E-state index contributed by atoms with van der Waals surface area (Å²) in [6, 6.07) is 17.2. The Hall–Kier alpha value is -4.00. The van der Waals surface area contributed by atoms with E-state index in [2.05, 4.69) is 31.9 Å². The minimum atomic E-state index is -1.53. The largest absolute Gasteiger partial charge is 0.503 e. The lowest BCUT2D eigenvalue weighted by Crippen LogP contribution is -2.53. The molecular weight excluding hydrogens is 784 g/mol. The van der Waals surface area contributed by atoms with E-state index in [4.69, 9.17) is 16.3 Å². The number of hydrogen-bond acceptors (Lipinski definition) is 7. The van der Waals surface area contributed by atoms with Crippen LogP contribution in [0, 0.1) is 23.7 Å². The first-order chi connectivity index (χ1) is 23.4. The summed E-state index contributed by atoms with van der Waals surface area (Å²) in [5, 5.41) is 20.6. The molecule has 2 heterocycles. The molecule has 6 atom stereocenters. The predicted molar refractivity (Wildman–Crippen MR) is 185 cm³/mol. The van der Waals surface area contributed by atoms with Crippen LogP contribution in [-0.4, -0.2) is 58.4 Å². The number of nitrogens with zero attached hydrogens (tertiary/aromatic N) is 2. The van der Waals surface area contributed by atoms with Crippen molar-refractivity contribution in [3.8, 4) is 11.5 Å². The van der Waals surface area contributed by atoms with E-state index in [0.717, 1.165) is 4.90 Å². The molecule has 1 saturated carbocycles. The highest BCUT2D eigenvalue weighted by atomic mass is 79.9. The zero-order valence-electron chi connectivity index (χ0n) is 25.9. The maximum atomic E-state index is 15.3. The SMILES string of the molecule is COc1cc([C@H]2C3=CC[C@@H]4C(=O)N(CCC(=O)O)C(=O)[C@@H]4[C@@H]3C[C@H]3C(=O)N(c4cccc(Cl)c4)C(=O)[C@@]23c2ccccc2)c(Br)c(Br)c1O. The number of benzene rings is 3. The van der Waals surface area contributed by atoms with Gasteiger partial charge in [-0.3, -0.25) is 28.9 Å². The van der Waals surface area contributed by atoms with Crippen LogP contribution in [0.15, 0.2) is 81.3 Å². The number of allylic oxidation sites excluding steroid dienone is 2. The number of rotatable bonds is 7. The van der Waals surface area contributed by atoms with Gasteiger partial charge >= 0.3 is 5.97 Å². The summed E-state index contributed by atoms with van der Waals surface area (Å²) in [4.78, 5) is 71.4. The van der Waals surface area contributed by atoms with Gasteiger partial charge in [0.15, 0.2) is 11.5 Å². The van der Waals surface area contributed by atoms with Crippen molar-refractivity contribution < 1.29 is 38.9 Å². The predicted octanol–water partition coefficient (Wildman–Crippen LogP) is 6.22. The second-order valence-corrected chi connectivity index (χ2v) is 14.7. The molecule has 0 radical (unpaired) electrons. The van der Waals surface area contributed by atoms with Gasteiger partial charge in [0.05, 0.1) is 46.9 Å². The molecule has 4 aliphatic rings. The molecule has 3 aromatic carbocycles. The lowest BCUT2D eigenvalue weighted by molar-refractivity contribution is -0.142. The van der Waals surface area contributed by atoms with E-state index in [0.29, 0.717) is 31.9 Å². The number of carbonyl (C=O) groups is 5. The summed E-state index contributed by atoms with van der Waals surface area (Å²) >= 11 is 13.5. The van der Waals surface area contributed by atoms with Crippen LogP contribution in [0.3, 0.4) is 0 Å². The minimum Gasteiger partial charge on any atom is -0.503 e. The Morgan fingerprint density at radius 2 is 1.71 bits per heavy atom. The summed E-state index contributed by atoms with van der Waals surface area (Å²) in [6.45, 7) is -0.253. The molecule has 0 bridgehead atoms. The molecule has 7 rings (SSSR count). The Morgan fingerprint density at radius 3 is 2.39 bits per heavy atom. The maximum Gasteiger partial charge on any atom is 0.305 e. The summed E-state index contributed by atoms with van der Waals surface area (Å²) in [5.74, 6) is -7.15. The lowest BCUT2D eigenvalue weighted by atomic mass is 9.49. The molecule has 3 fully saturated rings. The second kappa shape index (κ2) is 12.4. The van der Waals surface area contributed by atoms with E-state index in [9.17, 15) is 29.4 Å². The first-order valence-corrected chi connectivity index (χ1v) is 17.6. The highest BCUT2D eigenvalue weighted by Crippen LogP contribution is 2.66. The third kappa shape index (κ3) is 4.89. The molecule has 0 aromatic heterocycles. The van der Waals surface area contributed by atoms with Gasteiger partial charge in [-0.1, -0.05) is 59.6 Å². The zero-order chi connectivity index (χ0) is 34.9. The van der Waals surface area contributed by atoms with Gasteiger partial charge in [-0.2, -0.15) is 0 Å². The Labute approximate surface area is 302 Å². The average molecular weight is 813 g/mol. The third-order valence-corrected chi connectivity index (χ3v) is 12.9. The standard InChI is InChI=1S/C36H29Br2ClN2O8/c1-49-25-16-23(29(37)30(38)31(25)44)28-20-10-11-21-27(34(47)40(32(21)45)13-12-26(42)43)22(20)15-24-33(46)41(19-9-5-8-18(39)14-19)35(48)36(24,28)17-6-3-2-4-7-17/h2-10,14,16,21-22,24,27-28,44H,11-13,15H2,1H3,(H,42,43)/t21-,22+,24-,27-,28+,36+/m0/s1. The van der Waals surface area contributed by atoms with Crippen LogP contribution in [0.4, 0.5) is 5.69 Å². The molecule has 2 N–H and O–H groups in total. The van der Waals surface area contributed by atoms with Crippen LogP contribution in [-0.2, 0) is 29.4 Å². The number of imide groups is 2. The first-order valence-electron chi connectivity index (χ1n) is 15.6. The number of fused-ring (bicyclic) bond motifs is 4. The number of methoxy groups -OCH3 is 1. The van der Waals surface area contributed by atoms with Gasteiger partial charge in [0.25, 0.3) is 0 Å². The minimum absolute atomic E-state index is 0.0832. The molecule has 10 nitrogen and oxygen atoms in total. The Bertz CT molecular complexity index is 1990. The average Bonchev–Trinajstić information content (AvgIpc) is 3.47. The third-order valence-electron chi connectivity index (χ3n) is 10.5. The number of hydrogen-bond donors (Lipinski definition) is 2. The van der Waals surface area contributed by atoms with Crippen molar-refractivity contribution >= 4 is 78.7 Å². The normalized spacial score (nSPS) is 27.5. The van der Waals surface area contributed by atoms with Crippen molar-refractivity contribution in [3.63, 3.8) is 0 Å². The van der Waals surface area contributed by atoms with Gasteiger partial charge in [-0.25, -0.2) is 4.90 Å².